The zero-order chi connectivity index (χ0) is 14.1. The molecule has 0 nitrogen and oxygen atoms in total. The Hall–Kier alpha value is 0.780. The third-order valence-corrected chi connectivity index (χ3v) is 5.44. The van der Waals surface area contributed by atoms with E-state index in [9.17, 15) is 0 Å². The number of hydrogen-bond acceptors (Lipinski definition) is 0. The summed E-state index contributed by atoms with van der Waals surface area (Å²) >= 11 is 0. The summed E-state index contributed by atoms with van der Waals surface area (Å²) in [6.45, 7) is 22.9. The fraction of sp³-hybridized carbons (Fsp3) is 0.476. The van der Waals surface area contributed by atoms with Gasteiger partial charge < -0.3 is 50.7 Å². The molecule has 0 atom stereocenters. The van der Waals surface area contributed by atoms with E-state index in [2.05, 4.69) is 67.3 Å². The fourth-order valence-electron chi connectivity index (χ4n) is 1.35. The summed E-state index contributed by atoms with van der Waals surface area (Å²) in [6, 6.07) is 0. The maximum Gasteiger partial charge on any atom is 0 e. The molecule has 0 saturated carbocycles. The van der Waals surface area contributed by atoms with Crippen molar-refractivity contribution in [2.24, 2.45) is 0 Å². The van der Waals surface area contributed by atoms with Crippen molar-refractivity contribution in [3.63, 3.8) is 0 Å². The third-order valence-electron chi connectivity index (χ3n) is 2.21. The Labute approximate surface area is 173 Å². The van der Waals surface area contributed by atoms with Crippen LogP contribution in [0.1, 0.15) is 54.9 Å². The van der Waals surface area contributed by atoms with Gasteiger partial charge in [-0.15, -0.1) is 6.42 Å². The first kappa shape index (κ1) is 49.6. The van der Waals surface area contributed by atoms with Crippen LogP contribution in [0.15, 0.2) is 18.2 Å². The van der Waals surface area contributed by atoms with E-state index in [1.165, 1.54) is 0 Å². The van der Waals surface area contributed by atoms with E-state index in [1.807, 2.05) is 12.2 Å². The number of allylic oxidation sites excluding steroid dienone is 4. The van der Waals surface area contributed by atoms with Crippen LogP contribution in [0.5, 0.6) is 0 Å². The Bertz CT molecular complexity index is 205. The second-order valence-electron chi connectivity index (χ2n) is 5.77. The predicted octanol–water partition coefficient (Wildman–Crippen LogP) is 8.25. The first-order chi connectivity index (χ1) is 7.65. The third kappa shape index (κ3) is 31.1. The second kappa shape index (κ2) is 25.0. The topological polar surface area (TPSA) is 0 Å². The van der Waals surface area contributed by atoms with Crippen LogP contribution >= 0.6 is 7.92 Å². The summed E-state index contributed by atoms with van der Waals surface area (Å²) < 4.78 is 0. The van der Waals surface area contributed by atoms with Crippen LogP contribution in [0, 0.1) is 56.8 Å². The Morgan fingerprint density at radius 3 is 1.17 bits per heavy atom. The minimum atomic E-state index is -0.113. The maximum atomic E-state index is 4.25. The molecule has 0 N–H and O–H groups in total. The molecule has 1 aliphatic rings. The van der Waals surface area contributed by atoms with Crippen molar-refractivity contribution in [2.75, 3.05) is 0 Å². The Balaban J connectivity index is -0.0000000254. The van der Waals surface area contributed by atoms with Crippen LogP contribution in [-0.4, -0.2) is 10.3 Å². The van der Waals surface area contributed by atoms with Crippen molar-refractivity contribution in [3.8, 4) is 0 Å². The zero-order valence-corrected chi connectivity index (χ0v) is 22.8. The van der Waals surface area contributed by atoms with Gasteiger partial charge in [0.1, 0.15) is 0 Å². The Morgan fingerprint density at radius 2 is 1.13 bits per heavy atom. The summed E-state index contributed by atoms with van der Waals surface area (Å²) in [5, 5.41) is 0.793. The molecule has 0 saturated heterocycles. The predicted molar refractivity (Wildman–Crippen MR) is 116 cm³/mol. The van der Waals surface area contributed by atoms with Crippen LogP contribution in [0.25, 0.3) is 0 Å². The largest absolute Gasteiger partial charge is 0.358 e. The quantitative estimate of drug-likeness (QED) is 0.176. The van der Waals surface area contributed by atoms with E-state index >= 15 is 0 Å². The minimum Gasteiger partial charge on any atom is -0.358 e. The van der Waals surface area contributed by atoms with E-state index in [0.29, 0.717) is 10.3 Å². The van der Waals surface area contributed by atoms with Crippen molar-refractivity contribution in [1.29, 1.82) is 0 Å². The normalized spacial score (nSPS) is 10.3. The van der Waals surface area contributed by atoms with Gasteiger partial charge in [-0.3, -0.25) is 14.0 Å². The first-order valence-corrected chi connectivity index (χ1v) is 7.71. The van der Waals surface area contributed by atoms with Crippen LogP contribution in [-0.2, 0) is 25.8 Å². The maximum absolute atomic E-state index is 4.25. The number of hydrogen-bond donors (Lipinski definition) is 0. The number of rotatable bonds is 0. The molecule has 0 heterocycles. The Kier molecular flexibility index (Phi) is 53.9. The molecule has 0 radical (unpaired) electrons. The molecule has 0 aromatic heterocycles. The molecule has 0 bridgehead atoms. The molecule has 146 valence electrons. The van der Waals surface area contributed by atoms with E-state index < -0.39 is 0 Å². The van der Waals surface area contributed by atoms with Crippen molar-refractivity contribution in [2.45, 2.75) is 65.2 Å². The van der Waals surface area contributed by atoms with Gasteiger partial charge in [0.05, 0.1) is 0 Å². The van der Waals surface area contributed by atoms with E-state index in [0.717, 1.165) is 6.42 Å². The van der Waals surface area contributed by atoms with Gasteiger partial charge in [0.2, 0.25) is 0 Å². The fourth-order valence-corrected chi connectivity index (χ4v) is 3.36. The van der Waals surface area contributed by atoms with Gasteiger partial charge >= 0.3 is 0 Å². The Morgan fingerprint density at radius 1 is 0.826 bits per heavy atom. The van der Waals surface area contributed by atoms with E-state index in [-0.39, 0.29) is 70.9 Å². The van der Waals surface area contributed by atoms with Crippen molar-refractivity contribution < 1.29 is 25.8 Å². The van der Waals surface area contributed by atoms with Crippen molar-refractivity contribution >= 4 is 7.92 Å². The molecule has 0 amide bonds. The van der Waals surface area contributed by atoms with Crippen LogP contribution < -0.4 is 0 Å². The van der Waals surface area contributed by atoms with E-state index in [1.54, 1.807) is 6.92 Å². The molecular formula is C21H45HfP-8. The first-order valence-electron chi connectivity index (χ1n) is 6.19. The molecule has 0 aromatic rings. The van der Waals surface area contributed by atoms with Gasteiger partial charge in [-0.05, 0) is 10.3 Å². The van der Waals surface area contributed by atoms with Gasteiger partial charge in [-0.25, -0.2) is 12.2 Å². The molecule has 0 aliphatic heterocycles. The van der Waals surface area contributed by atoms with Crippen molar-refractivity contribution in [1.82, 2.24) is 0 Å². The van der Waals surface area contributed by atoms with Gasteiger partial charge in [-0.2, -0.15) is 13.0 Å². The smallest absolute Gasteiger partial charge is 0 e. The van der Waals surface area contributed by atoms with Gasteiger partial charge in [0, 0.05) is 25.8 Å². The summed E-state index contributed by atoms with van der Waals surface area (Å²) in [7, 11) is -0.113. The molecular weight excluding hydrogens is 462 g/mol. The molecule has 1 rings (SSSR count). The molecule has 0 aromatic carbocycles. The van der Waals surface area contributed by atoms with Crippen LogP contribution in [0.4, 0.5) is 0 Å². The van der Waals surface area contributed by atoms with Gasteiger partial charge in [0.25, 0.3) is 0 Å². The van der Waals surface area contributed by atoms with Crippen LogP contribution in [0.3, 0.4) is 0 Å². The molecule has 2 heteroatoms. The summed E-state index contributed by atoms with van der Waals surface area (Å²) in [6.07, 6.45) is 10.0. The monoisotopic (exact) mass is 508 g/mol. The standard InChI is InChI=1S/C9H20P.C5H5.C2H5.5CH3.Hf/c1-8(2,3)10(7)9(4,5)6;1-2-4-5-3-1;1-2;;;;;;/h7H2,1-6H3;1-3H,4H2;1H2,2H3;5*1H3;/q8*-1;. The zero-order valence-electron chi connectivity index (χ0n) is 18.3. The molecule has 23 heavy (non-hydrogen) atoms. The summed E-state index contributed by atoms with van der Waals surface area (Å²) in [4.78, 5) is 0. The minimum absolute atomic E-state index is 0. The average molecular weight is 507 g/mol. The molecule has 0 spiro atoms. The molecule has 0 fully saturated rings. The second-order valence-corrected chi connectivity index (χ2v) is 9.31. The SMILES string of the molecule is [C-]1=CC=CC1.[CH2-]C.[CH2-]P(C(C)(C)C)C(C)(C)C.[CH3-].[CH3-].[CH3-].[CH3-].[CH3-].[Hf]. The average Bonchev–Trinajstić information content (AvgIpc) is 2.75. The summed E-state index contributed by atoms with van der Waals surface area (Å²) in [5.74, 6) is 0. The van der Waals surface area contributed by atoms with Gasteiger partial charge in [0.15, 0.2) is 0 Å². The summed E-state index contributed by atoms with van der Waals surface area (Å²) in [5.41, 5.74) is 0. The molecule has 1 aliphatic carbocycles. The van der Waals surface area contributed by atoms with E-state index in [4.69, 9.17) is 0 Å². The van der Waals surface area contributed by atoms with Gasteiger partial charge in [-0.1, -0.05) is 41.5 Å². The van der Waals surface area contributed by atoms with Crippen molar-refractivity contribution in [3.05, 3.63) is 75.0 Å². The molecule has 0 unspecified atom stereocenters. The van der Waals surface area contributed by atoms with Crippen LogP contribution in [0.2, 0.25) is 0 Å².